The highest BCUT2D eigenvalue weighted by Gasteiger charge is 2.07. The van der Waals surface area contributed by atoms with E-state index in [9.17, 15) is 4.79 Å². The lowest BCUT2D eigenvalue weighted by atomic mass is 10.2. The molecule has 0 spiro atoms. The van der Waals surface area contributed by atoms with Crippen LogP contribution in [0.25, 0.3) is 0 Å². The van der Waals surface area contributed by atoms with Crippen LogP contribution in [0.5, 0.6) is 5.75 Å². The molecule has 0 amide bonds. The van der Waals surface area contributed by atoms with E-state index in [1.165, 1.54) is 0 Å². The molecular formula is C12H13N3O2. The number of carbonyl (C=O) groups is 1. The predicted molar refractivity (Wildman–Crippen MR) is 61.7 cm³/mol. The number of carbonyl (C=O) groups excluding carboxylic acids is 1. The summed E-state index contributed by atoms with van der Waals surface area (Å²) in [5.41, 5.74) is 0.661. The maximum Gasteiger partial charge on any atom is 0.176 e. The predicted octanol–water partition coefficient (Wildman–Crippen LogP) is 1.01. The van der Waals surface area contributed by atoms with E-state index in [0.29, 0.717) is 11.4 Å². The van der Waals surface area contributed by atoms with Crippen molar-refractivity contribution in [2.24, 2.45) is 7.05 Å². The first-order chi connectivity index (χ1) is 8.24. The normalized spacial score (nSPS) is 10.2. The minimum atomic E-state index is -0.0191. The average molecular weight is 231 g/mol. The highest BCUT2D eigenvalue weighted by atomic mass is 16.5. The smallest absolute Gasteiger partial charge is 0.176 e. The van der Waals surface area contributed by atoms with Crippen LogP contribution in [0.2, 0.25) is 0 Å². The number of hydrogen-bond acceptors (Lipinski definition) is 4. The van der Waals surface area contributed by atoms with Crippen LogP contribution in [0.3, 0.4) is 0 Å². The number of aromatic nitrogens is 3. The van der Waals surface area contributed by atoms with Gasteiger partial charge in [-0.05, 0) is 12.1 Å². The summed E-state index contributed by atoms with van der Waals surface area (Å²) in [5.74, 6) is 0.675. The van der Waals surface area contributed by atoms with Crippen molar-refractivity contribution in [1.29, 1.82) is 0 Å². The molecule has 88 valence electrons. The molecule has 1 aromatic carbocycles. The second-order valence-electron chi connectivity index (χ2n) is 3.70. The molecule has 0 saturated carbocycles. The molecule has 0 atom stereocenters. The minimum Gasteiger partial charge on any atom is -0.486 e. The second kappa shape index (κ2) is 5.25. The Labute approximate surface area is 99.0 Å². The number of ether oxygens (including phenoxy) is 1. The first kappa shape index (κ1) is 11.3. The van der Waals surface area contributed by atoms with Gasteiger partial charge in [-0.25, -0.2) is 0 Å². The topological polar surface area (TPSA) is 57.0 Å². The zero-order chi connectivity index (χ0) is 12.1. The van der Waals surface area contributed by atoms with Gasteiger partial charge < -0.3 is 4.74 Å². The van der Waals surface area contributed by atoms with Gasteiger partial charge in [0.1, 0.15) is 12.4 Å². The van der Waals surface area contributed by atoms with Gasteiger partial charge in [-0.15, -0.1) is 5.10 Å². The molecule has 0 radical (unpaired) electrons. The molecule has 2 rings (SSSR count). The number of nitrogens with zero attached hydrogens (tertiary/aromatic N) is 3. The van der Waals surface area contributed by atoms with Gasteiger partial charge >= 0.3 is 0 Å². The third-order valence-electron chi connectivity index (χ3n) is 2.17. The van der Waals surface area contributed by atoms with Crippen LogP contribution in [0.1, 0.15) is 5.69 Å². The third-order valence-corrected chi connectivity index (χ3v) is 2.17. The largest absolute Gasteiger partial charge is 0.486 e. The van der Waals surface area contributed by atoms with Crippen LogP contribution >= 0.6 is 0 Å². The van der Waals surface area contributed by atoms with Gasteiger partial charge in [0.25, 0.3) is 0 Å². The van der Waals surface area contributed by atoms with E-state index in [1.54, 1.807) is 17.9 Å². The number of ketones is 1. The molecule has 0 saturated heterocycles. The monoisotopic (exact) mass is 231 g/mol. The molecule has 0 aliphatic carbocycles. The van der Waals surface area contributed by atoms with Gasteiger partial charge in [0.2, 0.25) is 0 Å². The zero-order valence-corrected chi connectivity index (χ0v) is 9.54. The Morgan fingerprint density at radius 2 is 2.12 bits per heavy atom. The Kier molecular flexibility index (Phi) is 3.49. The summed E-state index contributed by atoms with van der Waals surface area (Å²) in [6.45, 7) is 0.0561. The number of aryl methyl sites for hydroxylation is 1. The average Bonchev–Trinajstić information content (AvgIpc) is 2.73. The van der Waals surface area contributed by atoms with Crippen LogP contribution < -0.4 is 4.74 Å². The maximum atomic E-state index is 11.6. The van der Waals surface area contributed by atoms with Crippen LogP contribution in [0.15, 0.2) is 36.5 Å². The molecule has 2 aromatic rings. The molecule has 0 N–H and O–H groups in total. The SMILES string of the molecule is Cn1cc(CC(=O)COc2ccccc2)nn1. The quantitative estimate of drug-likeness (QED) is 0.770. The Bertz CT molecular complexity index is 493. The van der Waals surface area contributed by atoms with Crippen molar-refractivity contribution in [2.45, 2.75) is 6.42 Å². The zero-order valence-electron chi connectivity index (χ0n) is 9.54. The van der Waals surface area contributed by atoms with Gasteiger partial charge in [-0.2, -0.15) is 0 Å². The fourth-order valence-corrected chi connectivity index (χ4v) is 1.41. The van der Waals surface area contributed by atoms with Crippen molar-refractivity contribution in [3.05, 3.63) is 42.2 Å². The Hall–Kier alpha value is -2.17. The molecule has 17 heavy (non-hydrogen) atoms. The van der Waals surface area contributed by atoms with Gasteiger partial charge in [0, 0.05) is 13.2 Å². The van der Waals surface area contributed by atoms with Crippen LogP contribution in [-0.2, 0) is 18.3 Å². The van der Waals surface area contributed by atoms with E-state index in [1.807, 2.05) is 30.3 Å². The van der Waals surface area contributed by atoms with E-state index < -0.39 is 0 Å². The maximum absolute atomic E-state index is 11.6. The van der Waals surface area contributed by atoms with E-state index in [4.69, 9.17) is 4.74 Å². The standard InChI is InChI=1S/C12H13N3O2/c1-15-8-10(13-14-15)7-11(16)9-17-12-5-3-2-4-6-12/h2-6,8H,7,9H2,1H3. The van der Waals surface area contributed by atoms with E-state index in [-0.39, 0.29) is 18.8 Å². The lowest BCUT2D eigenvalue weighted by molar-refractivity contribution is -0.120. The van der Waals surface area contributed by atoms with Gasteiger partial charge in [0.15, 0.2) is 5.78 Å². The van der Waals surface area contributed by atoms with Crippen molar-refractivity contribution in [2.75, 3.05) is 6.61 Å². The van der Waals surface area contributed by atoms with E-state index >= 15 is 0 Å². The number of hydrogen-bond donors (Lipinski definition) is 0. The van der Waals surface area contributed by atoms with Crippen LogP contribution in [-0.4, -0.2) is 27.4 Å². The van der Waals surface area contributed by atoms with Crippen molar-refractivity contribution in [1.82, 2.24) is 15.0 Å². The van der Waals surface area contributed by atoms with Gasteiger partial charge in [0.05, 0.1) is 12.1 Å². The highest BCUT2D eigenvalue weighted by Crippen LogP contribution is 2.08. The second-order valence-corrected chi connectivity index (χ2v) is 3.70. The Balaban J connectivity index is 1.82. The van der Waals surface area contributed by atoms with Crippen molar-refractivity contribution < 1.29 is 9.53 Å². The molecule has 0 fully saturated rings. The summed E-state index contributed by atoms with van der Waals surface area (Å²) in [5, 5.41) is 7.61. The first-order valence-corrected chi connectivity index (χ1v) is 5.29. The molecule has 5 nitrogen and oxygen atoms in total. The molecule has 1 heterocycles. The van der Waals surface area contributed by atoms with Crippen LogP contribution in [0.4, 0.5) is 0 Å². The molecule has 0 aliphatic heterocycles. The molecule has 0 unspecified atom stereocenters. The minimum absolute atomic E-state index is 0.0191. The Morgan fingerprint density at radius 1 is 1.35 bits per heavy atom. The van der Waals surface area contributed by atoms with Crippen molar-refractivity contribution in [3.8, 4) is 5.75 Å². The molecule has 5 heteroatoms. The van der Waals surface area contributed by atoms with Crippen molar-refractivity contribution in [3.63, 3.8) is 0 Å². The van der Waals surface area contributed by atoms with Gasteiger partial charge in [-0.1, -0.05) is 23.4 Å². The van der Waals surface area contributed by atoms with E-state index in [0.717, 1.165) is 0 Å². The number of benzene rings is 1. The van der Waals surface area contributed by atoms with Crippen LogP contribution in [0, 0.1) is 0 Å². The fourth-order valence-electron chi connectivity index (χ4n) is 1.41. The third kappa shape index (κ3) is 3.41. The van der Waals surface area contributed by atoms with Gasteiger partial charge in [-0.3, -0.25) is 9.48 Å². The lowest BCUT2D eigenvalue weighted by Gasteiger charge is -2.03. The number of para-hydroxylation sites is 1. The molecule has 1 aromatic heterocycles. The summed E-state index contributed by atoms with van der Waals surface area (Å²) in [7, 11) is 1.77. The fraction of sp³-hybridized carbons (Fsp3) is 0.250. The summed E-state index contributed by atoms with van der Waals surface area (Å²) < 4.78 is 6.91. The number of rotatable bonds is 5. The number of Topliss-reactive ketones (excluding diaryl/α,β-unsaturated/α-hetero) is 1. The highest BCUT2D eigenvalue weighted by molar-refractivity contribution is 5.81. The lowest BCUT2D eigenvalue weighted by Crippen LogP contribution is -2.14. The Morgan fingerprint density at radius 3 is 2.76 bits per heavy atom. The summed E-state index contributed by atoms with van der Waals surface area (Å²) >= 11 is 0. The summed E-state index contributed by atoms with van der Waals surface area (Å²) in [4.78, 5) is 11.6. The first-order valence-electron chi connectivity index (χ1n) is 5.29. The van der Waals surface area contributed by atoms with E-state index in [2.05, 4.69) is 10.3 Å². The molecule has 0 aliphatic rings. The summed E-state index contributed by atoms with van der Waals surface area (Å²) in [6, 6.07) is 9.25. The van der Waals surface area contributed by atoms with Crippen molar-refractivity contribution >= 4 is 5.78 Å². The molecular weight excluding hydrogens is 218 g/mol. The summed E-state index contributed by atoms with van der Waals surface area (Å²) in [6.07, 6.45) is 1.97. The molecule has 0 bridgehead atoms.